The molecule has 0 atom stereocenters. The lowest BCUT2D eigenvalue weighted by Gasteiger charge is -2.26. The second kappa shape index (κ2) is 7.10. The van der Waals surface area contributed by atoms with Crippen LogP contribution in [0.5, 0.6) is 5.75 Å². The van der Waals surface area contributed by atoms with Gasteiger partial charge in [0.25, 0.3) is 0 Å². The summed E-state index contributed by atoms with van der Waals surface area (Å²) in [5.74, 6) is 0.265. The Bertz CT molecular complexity index is 394. The van der Waals surface area contributed by atoms with E-state index in [1.165, 1.54) is 6.42 Å². The van der Waals surface area contributed by atoms with Crippen molar-refractivity contribution in [3.63, 3.8) is 0 Å². The van der Waals surface area contributed by atoms with Crippen molar-refractivity contribution in [2.75, 3.05) is 5.73 Å². The summed E-state index contributed by atoms with van der Waals surface area (Å²) in [5.41, 5.74) is 8.10. The normalized spacial score (nSPS) is 10.5. The maximum absolute atomic E-state index is 9.83. The van der Waals surface area contributed by atoms with Crippen molar-refractivity contribution >= 4 is 5.69 Å². The van der Waals surface area contributed by atoms with Gasteiger partial charge in [0, 0.05) is 11.8 Å². The van der Waals surface area contributed by atoms with Crippen molar-refractivity contribution in [1.82, 2.24) is 0 Å². The van der Waals surface area contributed by atoms with Crippen LogP contribution in [0.15, 0.2) is 30.4 Å². The lowest BCUT2D eigenvalue weighted by atomic mass is 9.79. The molecule has 0 bridgehead atoms. The molecule has 0 unspecified atom stereocenters. The number of hydrogen-bond acceptors (Lipinski definition) is 2. The van der Waals surface area contributed by atoms with Crippen LogP contribution in [0.3, 0.4) is 0 Å². The van der Waals surface area contributed by atoms with Crippen LogP contribution in [0.25, 0.3) is 0 Å². The van der Waals surface area contributed by atoms with Gasteiger partial charge in [-0.05, 0) is 30.4 Å². The largest absolute Gasteiger partial charge is 0.508 e. The summed E-state index contributed by atoms with van der Waals surface area (Å²) < 4.78 is 0. The van der Waals surface area contributed by atoms with Gasteiger partial charge in [-0.3, -0.25) is 0 Å². The number of hydrogen-bond donors (Lipinski definition) is 2. The zero-order valence-corrected chi connectivity index (χ0v) is 12.4. The van der Waals surface area contributed by atoms with Gasteiger partial charge < -0.3 is 10.8 Å². The molecule has 1 aromatic rings. The topological polar surface area (TPSA) is 46.2 Å². The first-order valence-corrected chi connectivity index (χ1v) is 6.48. The summed E-state index contributed by atoms with van der Waals surface area (Å²) in [6, 6.07) is 5.29. The van der Waals surface area contributed by atoms with E-state index >= 15 is 0 Å². The van der Waals surface area contributed by atoms with Gasteiger partial charge in [-0.1, -0.05) is 45.8 Å². The lowest BCUT2D eigenvalue weighted by Crippen LogP contribution is -2.17. The minimum atomic E-state index is -0.108. The highest BCUT2D eigenvalue weighted by Crippen LogP contribution is 2.36. The molecular weight excluding hydrogens is 222 g/mol. The summed E-state index contributed by atoms with van der Waals surface area (Å²) in [7, 11) is 0. The maximum atomic E-state index is 9.83. The van der Waals surface area contributed by atoms with Crippen molar-refractivity contribution in [3.05, 3.63) is 35.9 Å². The molecule has 2 nitrogen and oxygen atoms in total. The highest BCUT2D eigenvalue weighted by Gasteiger charge is 2.23. The molecule has 0 saturated heterocycles. The number of phenolic OH excluding ortho intramolecular Hbond substituents is 1. The van der Waals surface area contributed by atoms with Crippen molar-refractivity contribution in [1.29, 1.82) is 0 Å². The molecule has 1 rings (SSSR count). The Kier molecular flexibility index (Phi) is 6.53. The second-order valence-corrected chi connectivity index (χ2v) is 5.50. The van der Waals surface area contributed by atoms with Gasteiger partial charge in [-0.15, -0.1) is 6.58 Å². The Morgan fingerprint density at radius 2 is 1.83 bits per heavy atom. The minimum Gasteiger partial charge on any atom is -0.508 e. The Hall–Kier alpha value is -1.44. The first kappa shape index (κ1) is 16.6. The summed E-state index contributed by atoms with van der Waals surface area (Å²) in [4.78, 5) is 0. The van der Waals surface area contributed by atoms with E-state index in [0.29, 0.717) is 5.69 Å². The van der Waals surface area contributed by atoms with Crippen molar-refractivity contribution < 1.29 is 5.11 Å². The van der Waals surface area contributed by atoms with E-state index < -0.39 is 0 Å². The molecule has 0 heterocycles. The minimum absolute atomic E-state index is 0.108. The molecule has 0 aliphatic heterocycles. The van der Waals surface area contributed by atoms with Crippen LogP contribution in [0.4, 0.5) is 5.69 Å². The summed E-state index contributed by atoms with van der Waals surface area (Å²) in [6.07, 6.45) is 2.10. The van der Waals surface area contributed by atoms with E-state index in [1.807, 2.05) is 19.1 Å². The lowest BCUT2D eigenvalue weighted by molar-refractivity contribution is 0.433. The molecule has 0 aliphatic carbocycles. The third-order valence-electron chi connectivity index (χ3n) is 2.49. The highest BCUT2D eigenvalue weighted by atomic mass is 16.3. The predicted octanol–water partition coefficient (Wildman–Crippen LogP) is 4.63. The Labute approximate surface area is 112 Å². The number of nitrogens with two attached hydrogens (primary N) is 1. The van der Waals surface area contributed by atoms with Gasteiger partial charge >= 0.3 is 0 Å². The smallest absolute Gasteiger partial charge is 0.121 e. The van der Waals surface area contributed by atoms with Gasteiger partial charge in [-0.25, -0.2) is 0 Å². The number of benzene rings is 1. The van der Waals surface area contributed by atoms with E-state index in [9.17, 15) is 5.11 Å². The summed E-state index contributed by atoms with van der Waals surface area (Å²) in [6.45, 7) is 14.3. The number of aromatic hydroxyl groups is 1. The van der Waals surface area contributed by atoms with Crippen LogP contribution in [-0.2, 0) is 5.41 Å². The molecule has 0 saturated carbocycles. The zero-order valence-electron chi connectivity index (χ0n) is 12.4. The molecule has 0 amide bonds. The van der Waals surface area contributed by atoms with E-state index in [4.69, 9.17) is 5.73 Å². The molecule has 0 aliphatic rings. The Morgan fingerprint density at radius 1 is 1.33 bits per heavy atom. The molecule has 102 valence electrons. The molecule has 2 heteroatoms. The van der Waals surface area contributed by atoms with E-state index in [1.54, 1.807) is 6.07 Å². The second-order valence-electron chi connectivity index (χ2n) is 5.50. The third kappa shape index (κ3) is 5.26. The van der Waals surface area contributed by atoms with Crippen molar-refractivity contribution in [2.45, 2.75) is 52.9 Å². The van der Waals surface area contributed by atoms with Gasteiger partial charge in [-0.2, -0.15) is 0 Å². The molecule has 1 aromatic carbocycles. The zero-order chi connectivity index (χ0) is 14.3. The van der Waals surface area contributed by atoms with Crippen LogP contribution in [0, 0.1) is 0 Å². The number of rotatable bonds is 3. The van der Waals surface area contributed by atoms with E-state index in [0.717, 1.165) is 17.6 Å². The molecule has 0 fully saturated rings. The van der Waals surface area contributed by atoms with E-state index in [2.05, 4.69) is 34.3 Å². The fourth-order valence-electron chi connectivity index (χ4n) is 1.97. The molecule has 18 heavy (non-hydrogen) atoms. The van der Waals surface area contributed by atoms with Crippen LogP contribution in [0.1, 0.15) is 53.0 Å². The van der Waals surface area contributed by atoms with Crippen molar-refractivity contribution in [2.24, 2.45) is 0 Å². The van der Waals surface area contributed by atoms with Crippen LogP contribution in [0.2, 0.25) is 0 Å². The molecule has 0 spiro atoms. The first-order valence-electron chi connectivity index (χ1n) is 6.48. The molecule has 3 N–H and O–H groups in total. The van der Waals surface area contributed by atoms with Crippen LogP contribution >= 0.6 is 0 Å². The molecular formula is C16H27NO. The average Bonchev–Trinajstić information content (AvgIpc) is 2.15. The number of nitrogen functional groups attached to an aromatic ring is 1. The number of phenols is 1. The maximum Gasteiger partial charge on any atom is 0.121 e. The van der Waals surface area contributed by atoms with E-state index in [-0.39, 0.29) is 11.2 Å². The van der Waals surface area contributed by atoms with Gasteiger partial charge in [0.1, 0.15) is 5.75 Å². The molecule has 0 aromatic heterocycles. The fourth-order valence-corrected chi connectivity index (χ4v) is 1.97. The van der Waals surface area contributed by atoms with Crippen LogP contribution in [-0.4, -0.2) is 5.11 Å². The SMILES string of the molecule is C=C(C)CC(C)(C)c1ccc(N)cc1O.CCC. The average molecular weight is 249 g/mol. The highest BCUT2D eigenvalue weighted by molar-refractivity contribution is 5.50. The number of anilines is 1. The fraction of sp³-hybridized carbons (Fsp3) is 0.500. The van der Waals surface area contributed by atoms with Crippen LogP contribution < -0.4 is 5.73 Å². The number of allylic oxidation sites excluding steroid dienone is 1. The predicted molar refractivity (Wildman–Crippen MR) is 80.9 cm³/mol. The monoisotopic (exact) mass is 249 g/mol. The van der Waals surface area contributed by atoms with Gasteiger partial charge in [0.05, 0.1) is 0 Å². The first-order chi connectivity index (χ1) is 8.24. The van der Waals surface area contributed by atoms with Gasteiger partial charge in [0.15, 0.2) is 0 Å². The Balaban J connectivity index is 0.000000873. The molecule has 0 radical (unpaired) electrons. The Morgan fingerprint density at radius 3 is 2.22 bits per heavy atom. The summed E-state index contributed by atoms with van der Waals surface area (Å²) in [5, 5.41) is 9.83. The standard InChI is InChI=1S/C13H19NO.C3H8/c1-9(2)8-13(3,4)11-6-5-10(14)7-12(11)15;1-3-2/h5-7,15H,1,8,14H2,2-4H3;3H2,1-2H3. The van der Waals surface area contributed by atoms with Crippen molar-refractivity contribution in [3.8, 4) is 5.75 Å². The quantitative estimate of drug-likeness (QED) is 0.606. The third-order valence-corrected chi connectivity index (χ3v) is 2.49. The summed E-state index contributed by atoms with van der Waals surface area (Å²) >= 11 is 0. The van der Waals surface area contributed by atoms with Gasteiger partial charge in [0.2, 0.25) is 0 Å².